The number of amides is 2. The number of anilines is 1. The highest BCUT2D eigenvalue weighted by atomic mass is 16.3. The third-order valence-corrected chi connectivity index (χ3v) is 3.99. The Bertz CT molecular complexity index is 580. The topological polar surface area (TPSA) is 78.4 Å². The summed E-state index contributed by atoms with van der Waals surface area (Å²) in [6.45, 7) is 9.98. The second kappa shape index (κ2) is 8.83. The van der Waals surface area contributed by atoms with Gasteiger partial charge in [-0.1, -0.05) is 39.8 Å². The van der Waals surface area contributed by atoms with Crippen LogP contribution in [0.3, 0.4) is 0 Å². The van der Waals surface area contributed by atoms with Crippen LogP contribution < -0.4 is 10.6 Å². The molecule has 134 valence electrons. The van der Waals surface area contributed by atoms with Gasteiger partial charge in [-0.3, -0.25) is 9.59 Å². The largest absolute Gasteiger partial charge is 0.393 e. The van der Waals surface area contributed by atoms with Crippen LogP contribution in [0.5, 0.6) is 0 Å². The van der Waals surface area contributed by atoms with Crippen molar-refractivity contribution in [2.75, 3.05) is 11.9 Å². The molecule has 0 radical (unpaired) electrons. The second-order valence-electron chi connectivity index (χ2n) is 7.05. The fourth-order valence-electron chi connectivity index (χ4n) is 2.72. The fraction of sp³-hybridized carbons (Fsp3) is 0.579. The molecule has 0 saturated heterocycles. The summed E-state index contributed by atoms with van der Waals surface area (Å²) in [6.07, 6.45) is 1.75. The highest BCUT2D eigenvalue weighted by Gasteiger charge is 2.23. The molecule has 0 aliphatic heterocycles. The Balaban J connectivity index is 2.69. The van der Waals surface area contributed by atoms with Crippen molar-refractivity contribution in [1.82, 2.24) is 5.32 Å². The Morgan fingerprint density at radius 3 is 2.38 bits per heavy atom. The lowest BCUT2D eigenvalue weighted by Crippen LogP contribution is -2.41. The monoisotopic (exact) mass is 334 g/mol. The predicted molar refractivity (Wildman–Crippen MR) is 96.9 cm³/mol. The van der Waals surface area contributed by atoms with Crippen molar-refractivity contribution in [3.8, 4) is 0 Å². The maximum absolute atomic E-state index is 12.1. The number of hydrogen-bond donors (Lipinski definition) is 3. The Morgan fingerprint density at radius 2 is 1.83 bits per heavy atom. The van der Waals surface area contributed by atoms with E-state index in [0.29, 0.717) is 18.7 Å². The first kappa shape index (κ1) is 20.2. The Hall–Kier alpha value is -1.88. The molecule has 0 aliphatic carbocycles. The molecule has 0 saturated carbocycles. The van der Waals surface area contributed by atoms with Gasteiger partial charge in [-0.2, -0.15) is 0 Å². The SMILES string of the molecule is CCc1ccc(CC)c(NC(=O)C(=O)NCC(C)(C)CC(C)O)c1. The van der Waals surface area contributed by atoms with E-state index in [-0.39, 0.29) is 5.41 Å². The molecule has 5 nitrogen and oxygen atoms in total. The lowest BCUT2D eigenvalue weighted by molar-refractivity contribution is -0.136. The van der Waals surface area contributed by atoms with Gasteiger partial charge in [-0.15, -0.1) is 0 Å². The number of benzene rings is 1. The van der Waals surface area contributed by atoms with Crippen LogP contribution in [0.1, 0.15) is 52.2 Å². The first-order valence-corrected chi connectivity index (χ1v) is 8.57. The first-order chi connectivity index (χ1) is 11.2. The summed E-state index contributed by atoms with van der Waals surface area (Å²) in [5, 5.41) is 14.8. The quantitative estimate of drug-likeness (QED) is 0.671. The molecule has 1 rings (SSSR count). The van der Waals surface area contributed by atoms with Gasteiger partial charge in [-0.25, -0.2) is 0 Å². The van der Waals surface area contributed by atoms with E-state index >= 15 is 0 Å². The van der Waals surface area contributed by atoms with Crippen LogP contribution in [-0.4, -0.2) is 29.6 Å². The van der Waals surface area contributed by atoms with Gasteiger partial charge in [0.2, 0.25) is 0 Å². The molecule has 0 bridgehead atoms. The van der Waals surface area contributed by atoms with Crippen molar-refractivity contribution in [2.45, 2.75) is 60.0 Å². The maximum atomic E-state index is 12.1. The van der Waals surface area contributed by atoms with Crippen LogP contribution in [0.2, 0.25) is 0 Å². The van der Waals surface area contributed by atoms with Crippen LogP contribution in [-0.2, 0) is 22.4 Å². The third kappa shape index (κ3) is 6.32. The predicted octanol–water partition coefficient (Wildman–Crippen LogP) is 2.66. The van der Waals surface area contributed by atoms with Crippen LogP contribution in [0, 0.1) is 5.41 Å². The zero-order valence-electron chi connectivity index (χ0n) is 15.4. The van der Waals surface area contributed by atoms with Crippen molar-refractivity contribution in [2.24, 2.45) is 5.41 Å². The van der Waals surface area contributed by atoms with Crippen LogP contribution in [0.4, 0.5) is 5.69 Å². The summed E-state index contributed by atoms with van der Waals surface area (Å²) in [6, 6.07) is 5.94. The van der Waals surface area contributed by atoms with Crippen molar-refractivity contribution in [3.63, 3.8) is 0 Å². The molecule has 0 heterocycles. The molecule has 1 unspecified atom stereocenters. The van der Waals surface area contributed by atoms with E-state index in [1.54, 1.807) is 6.92 Å². The van der Waals surface area contributed by atoms with Crippen molar-refractivity contribution >= 4 is 17.5 Å². The number of aliphatic hydroxyl groups excluding tert-OH is 1. The van der Waals surface area contributed by atoms with Gasteiger partial charge in [0.15, 0.2) is 0 Å². The minimum Gasteiger partial charge on any atom is -0.393 e. The van der Waals surface area contributed by atoms with Gasteiger partial charge < -0.3 is 15.7 Å². The molecular weight excluding hydrogens is 304 g/mol. The fourth-order valence-corrected chi connectivity index (χ4v) is 2.72. The molecule has 0 fully saturated rings. The molecule has 0 aliphatic rings. The summed E-state index contributed by atoms with van der Waals surface area (Å²) < 4.78 is 0. The number of hydrogen-bond acceptors (Lipinski definition) is 3. The molecule has 1 aromatic rings. The number of aryl methyl sites for hydroxylation is 2. The number of rotatable bonds is 7. The average molecular weight is 334 g/mol. The Kier molecular flexibility index (Phi) is 7.42. The highest BCUT2D eigenvalue weighted by Crippen LogP contribution is 2.21. The summed E-state index contributed by atoms with van der Waals surface area (Å²) in [5.41, 5.74) is 2.53. The van der Waals surface area contributed by atoms with Crippen LogP contribution >= 0.6 is 0 Å². The van der Waals surface area contributed by atoms with Gasteiger partial charge in [0.05, 0.1) is 6.10 Å². The minimum absolute atomic E-state index is 0.277. The van der Waals surface area contributed by atoms with E-state index in [1.807, 2.05) is 45.9 Å². The number of aliphatic hydroxyl groups is 1. The number of carbonyl (C=O) groups excluding carboxylic acids is 2. The van der Waals surface area contributed by atoms with Gasteiger partial charge in [0.1, 0.15) is 0 Å². The molecule has 1 atom stereocenters. The minimum atomic E-state index is -0.661. The zero-order chi connectivity index (χ0) is 18.3. The van der Waals surface area contributed by atoms with Crippen molar-refractivity contribution < 1.29 is 14.7 Å². The first-order valence-electron chi connectivity index (χ1n) is 8.57. The average Bonchev–Trinajstić information content (AvgIpc) is 2.51. The molecular formula is C19H30N2O3. The van der Waals surface area contributed by atoms with Crippen LogP contribution in [0.15, 0.2) is 18.2 Å². The van der Waals surface area contributed by atoms with Crippen molar-refractivity contribution in [1.29, 1.82) is 0 Å². The molecule has 5 heteroatoms. The standard InChI is InChI=1S/C19H30N2O3/c1-6-14-8-9-15(7-2)16(10-14)21-18(24)17(23)20-12-19(4,5)11-13(3)22/h8-10,13,22H,6-7,11-12H2,1-5H3,(H,20,23)(H,21,24). The van der Waals surface area contributed by atoms with E-state index in [1.165, 1.54) is 0 Å². The van der Waals surface area contributed by atoms with E-state index < -0.39 is 17.9 Å². The van der Waals surface area contributed by atoms with Gasteiger partial charge >= 0.3 is 11.8 Å². The molecule has 3 N–H and O–H groups in total. The lowest BCUT2D eigenvalue weighted by atomic mass is 9.87. The van der Waals surface area contributed by atoms with E-state index in [2.05, 4.69) is 10.6 Å². The van der Waals surface area contributed by atoms with Gasteiger partial charge in [0, 0.05) is 12.2 Å². The zero-order valence-corrected chi connectivity index (χ0v) is 15.4. The summed E-state index contributed by atoms with van der Waals surface area (Å²) in [4.78, 5) is 24.2. The van der Waals surface area contributed by atoms with Gasteiger partial charge in [0.25, 0.3) is 0 Å². The summed E-state index contributed by atoms with van der Waals surface area (Å²) in [7, 11) is 0. The number of carbonyl (C=O) groups is 2. The molecule has 2 amide bonds. The van der Waals surface area contributed by atoms with E-state index in [0.717, 1.165) is 24.0 Å². The summed E-state index contributed by atoms with van der Waals surface area (Å²) in [5.74, 6) is -1.32. The Labute approximate surface area is 144 Å². The molecule has 0 aromatic heterocycles. The smallest absolute Gasteiger partial charge is 0.313 e. The second-order valence-corrected chi connectivity index (χ2v) is 7.05. The molecule has 0 spiro atoms. The van der Waals surface area contributed by atoms with Crippen molar-refractivity contribution in [3.05, 3.63) is 29.3 Å². The maximum Gasteiger partial charge on any atom is 0.313 e. The van der Waals surface area contributed by atoms with Crippen LogP contribution in [0.25, 0.3) is 0 Å². The lowest BCUT2D eigenvalue weighted by Gasteiger charge is -2.26. The summed E-state index contributed by atoms with van der Waals surface area (Å²) >= 11 is 0. The number of nitrogens with one attached hydrogen (secondary N) is 2. The van der Waals surface area contributed by atoms with E-state index in [9.17, 15) is 14.7 Å². The molecule has 24 heavy (non-hydrogen) atoms. The Morgan fingerprint density at radius 1 is 1.17 bits per heavy atom. The third-order valence-electron chi connectivity index (χ3n) is 3.99. The normalized spacial score (nSPS) is 12.6. The highest BCUT2D eigenvalue weighted by molar-refractivity contribution is 6.39. The van der Waals surface area contributed by atoms with Gasteiger partial charge in [-0.05, 0) is 48.8 Å². The van der Waals surface area contributed by atoms with E-state index in [4.69, 9.17) is 0 Å². The molecule has 1 aromatic carbocycles.